The largest absolute Gasteiger partial charge is 0.162 e. The molecule has 1 heteroatoms. The lowest BCUT2D eigenvalue weighted by Crippen LogP contribution is -2.08. The van der Waals surface area contributed by atoms with Crippen LogP contribution in [0.15, 0.2) is 47.4 Å². The van der Waals surface area contributed by atoms with E-state index in [1.54, 1.807) is 0 Å². The van der Waals surface area contributed by atoms with Crippen LogP contribution in [0.5, 0.6) is 0 Å². The summed E-state index contributed by atoms with van der Waals surface area (Å²) in [7, 11) is 0.424. The SMILES string of the molecule is CC[S+](CC)c1cccc2ccccc12. The van der Waals surface area contributed by atoms with Gasteiger partial charge in [0, 0.05) is 16.3 Å². The van der Waals surface area contributed by atoms with Crippen LogP contribution < -0.4 is 0 Å². The van der Waals surface area contributed by atoms with E-state index in [-0.39, 0.29) is 0 Å². The van der Waals surface area contributed by atoms with Gasteiger partial charge in [0.15, 0.2) is 4.90 Å². The van der Waals surface area contributed by atoms with E-state index in [4.69, 9.17) is 0 Å². The smallest absolute Gasteiger partial charge is 0.0616 e. The molecule has 0 saturated heterocycles. The second-order valence-corrected chi connectivity index (χ2v) is 6.13. The van der Waals surface area contributed by atoms with E-state index in [0.29, 0.717) is 10.9 Å². The van der Waals surface area contributed by atoms with Crippen LogP contribution in [0, 0.1) is 0 Å². The van der Waals surface area contributed by atoms with Crippen molar-refractivity contribution in [1.29, 1.82) is 0 Å². The average molecular weight is 217 g/mol. The molecular weight excluding hydrogens is 200 g/mol. The summed E-state index contributed by atoms with van der Waals surface area (Å²) in [5, 5.41) is 2.81. The topological polar surface area (TPSA) is 0 Å². The van der Waals surface area contributed by atoms with Gasteiger partial charge in [0.1, 0.15) is 11.5 Å². The molecule has 0 radical (unpaired) electrons. The summed E-state index contributed by atoms with van der Waals surface area (Å²) in [6, 6.07) is 15.4. The Morgan fingerprint density at radius 3 is 2.27 bits per heavy atom. The Hall–Kier alpha value is -0.950. The van der Waals surface area contributed by atoms with Crippen LogP contribution in [-0.4, -0.2) is 11.5 Å². The molecule has 2 aromatic carbocycles. The Balaban J connectivity index is 2.59. The fourth-order valence-electron chi connectivity index (χ4n) is 1.96. The molecule has 2 rings (SSSR count). The minimum Gasteiger partial charge on any atom is -0.0616 e. The number of fused-ring (bicyclic) bond motifs is 1. The zero-order valence-corrected chi connectivity index (χ0v) is 10.2. The van der Waals surface area contributed by atoms with Gasteiger partial charge in [-0.05, 0) is 31.4 Å². The van der Waals surface area contributed by atoms with E-state index in [1.807, 2.05) is 0 Å². The lowest BCUT2D eigenvalue weighted by molar-refractivity contribution is 1.38. The van der Waals surface area contributed by atoms with Crippen LogP contribution >= 0.6 is 0 Å². The van der Waals surface area contributed by atoms with Gasteiger partial charge in [0.05, 0.1) is 0 Å². The molecule has 0 aliphatic rings. The fraction of sp³-hybridized carbons (Fsp3) is 0.286. The van der Waals surface area contributed by atoms with Gasteiger partial charge in [0.25, 0.3) is 0 Å². The van der Waals surface area contributed by atoms with Crippen LogP contribution in [0.3, 0.4) is 0 Å². The van der Waals surface area contributed by atoms with Crippen molar-refractivity contribution in [2.45, 2.75) is 18.7 Å². The van der Waals surface area contributed by atoms with Crippen molar-refractivity contribution in [3.8, 4) is 0 Å². The molecule has 0 aliphatic heterocycles. The van der Waals surface area contributed by atoms with Gasteiger partial charge in [0.2, 0.25) is 0 Å². The van der Waals surface area contributed by atoms with Crippen LogP contribution in [0.4, 0.5) is 0 Å². The van der Waals surface area contributed by atoms with E-state index < -0.39 is 0 Å². The van der Waals surface area contributed by atoms with Crippen molar-refractivity contribution < 1.29 is 0 Å². The van der Waals surface area contributed by atoms with Crippen molar-refractivity contribution in [3.05, 3.63) is 42.5 Å². The highest BCUT2D eigenvalue weighted by Crippen LogP contribution is 2.24. The second kappa shape index (κ2) is 4.71. The molecule has 78 valence electrons. The van der Waals surface area contributed by atoms with Crippen molar-refractivity contribution in [2.24, 2.45) is 0 Å². The normalized spacial score (nSPS) is 11.1. The molecule has 0 spiro atoms. The number of hydrogen-bond donors (Lipinski definition) is 0. The molecule has 0 N–H and O–H groups in total. The first-order valence-corrected chi connectivity index (χ1v) is 7.08. The van der Waals surface area contributed by atoms with Crippen molar-refractivity contribution in [3.63, 3.8) is 0 Å². The molecular formula is C14H17S+. The Kier molecular flexibility index (Phi) is 3.32. The summed E-state index contributed by atoms with van der Waals surface area (Å²) >= 11 is 0. The molecule has 0 aliphatic carbocycles. The quantitative estimate of drug-likeness (QED) is 0.685. The van der Waals surface area contributed by atoms with Crippen LogP contribution in [0.25, 0.3) is 10.8 Å². The fourth-order valence-corrected chi connectivity index (χ4v) is 3.76. The molecule has 2 aromatic rings. The Labute approximate surface area is 94.7 Å². The number of benzene rings is 2. The van der Waals surface area contributed by atoms with Crippen LogP contribution in [-0.2, 0) is 10.9 Å². The van der Waals surface area contributed by atoms with Crippen molar-refractivity contribution in [1.82, 2.24) is 0 Å². The van der Waals surface area contributed by atoms with Gasteiger partial charge in [-0.25, -0.2) is 0 Å². The first-order valence-electron chi connectivity index (χ1n) is 5.52. The third-order valence-electron chi connectivity index (χ3n) is 2.76. The van der Waals surface area contributed by atoms with Crippen LogP contribution in [0.1, 0.15) is 13.8 Å². The molecule has 0 bridgehead atoms. The minimum absolute atomic E-state index is 0.424. The van der Waals surface area contributed by atoms with Gasteiger partial charge < -0.3 is 0 Å². The molecule has 0 saturated carbocycles. The monoisotopic (exact) mass is 217 g/mol. The maximum absolute atomic E-state index is 2.29. The number of hydrogen-bond acceptors (Lipinski definition) is 0. The Bertz CT molecular complexity index is 439. The summed E-state index contributed by atoms with van der Waals surface area (Å²) in [5.74, 6) is 2.51. The zero-order chi connectivity index (χ0) is 10.7. The summed E-state index contributed by atoms with van der Waals surface area (Å²) in [4.78, 5) is 1.54. The Morgan fingerprint density at radius 1 is 0.867 bits per heavy atom. The first kappa shape index (κ1) is 10.6. The molecule has 0 amide bonds. The molecule has 15 heavy (non-hydrogen) atoms. The van der Waals surface area contributed by atoms with Crippen molar-refractivity contribution >= 4 is 21.7 Å². The van der Waals surface area contributed by atoms with Gasteiger partial charge in [-0.1, -0.05) is 30.3 Å². The summed E-state index contributed by atoms with van der Waals surface area (Å²) in [5.41, 5.74) is 0. The Morgan fingerprint density at radius 2 is 1.53 bits per heavy atom. The van der Waals surface area contributed by atoms with Gasteiger partial charge in [-0.3, -0.25) is 0 Å². The van der Waals surface area contributed by atoms with E-state index in [9.17, 15) is 0 Å². The molecule has 0 atom stereocenters. The van der Waals surface area contributed by atoms with E-state index in [0.717, 1.165) is 0 Å². The predicted molar refractivity (Wildman–Crippen MR) is 70.7 cm³/mol. The van der Waals surface area contributed by atoms with E-state index in [2.05, 4.69) is 56.3 Å². The third kappa shape index (κ3) is 2.03. The maximum atomic E-state index is 2.29. The summed E-state index contributed by atoms with van der Waals surface area (Å²) in [6.45, 7) is 4.57. The lowest BCUT2D eigenvalue weighted by atomic mass is 10.1. The van der Waals surface area contributed by atoms with E-state index in [1.165, 1.54) is 27.2 Å². The molecule has 0 fully saturated rings. The second-order valence-electron chi connectivity index (χ2n) is 3.55. The number of rotatable bonds is 3. The van der Waals surface area contributed by atoms with E-state index >= 15 is 0 Å². The summed E-state index contributed by atoms with van der Waals surface area (Å²) in [6.07, 6.45) is 0. The first-order chi connectivity index (χ1) is 7.36. The summed E-state index contributed by atoms with van der Waals surface area (Å²) < 4.78 is 0. The van der Waals surface area contributed by atoms with Crippen molar-refractivity contribution in [2.75, 3.05) is 11.5 Å². The lowest BCUT2D eigenvalue weighted by Gasteiger charge is -2.06. The minimum atomic E-state index is 0.424. The molecule has 0 nitrogen and oxygen atoms in total. The predicted octanol–water partition coefficient (Wildman–Crippen LogP) is 3.86. The van der Waals surface area contributed by atoms with Gasteiger partial charge in [-0.2, -0.15) is 0 Å². The highest BCUT2D eigenvalue weighted by molar-refractivity contribution is 7.97. The highest BCUT2D eigenvalue weighted by Gasteiger charge is 2.18. The molecule has 0 heterocycles. The third-order valence-corrected chi connectivity index (χ3v) is 5.13. The van der Waals surface area contributed by atoms with Gasteiger partial charge in [-0.15, -0.1) is 0 Å². The standard InChI is InChI=1S/C14H17S/c1-3-15(4-2)14-11-7-9-12-8-5-6-10-13(12)14/h5-11H,3-4H2,1-2H3/q+1. The maximum Gasteiger partial charge on any atom is 0.162 e. The van der Waals surface area contributed by atoms with Crippen LogP contribution in [0.2, 0.25) is 0 Å². The average Bonchev–Trinajstić information content (AvgIpc) is 2.31. The van der Waals surface area contributed by atoms with Gasteiger partial charge >= 0.3 is 0 Å². The molecule has 0 aromatic heterocycles. The highest BCUT2D eigenvalue weighted by atomic mass is 32.2. The zero-order valence-electron chi connectivity index (χ0n) is 9.36. The molecule has 0 unspecified atom stereocenters.